The van der Waals surface area contributed by atoms with Gasteiger partial charge in [0.05, 0.1) is 12.2 Å². The lowest BCUT2D eigenvalue weighted by atomic mass is 10.2. The maximum atomic E-state index is 12.3. The summed E-state index contributed by atoms with van der Waals surface area (Å²) in [4.78, 5) is 33.1. The van der Waals surface area contributed by atoms with E-state index in [0.717, 1.165) is 10.7 Å². The number of thiazole rings is 1. The Morgan fingerprint density at radius 1 is 1.38 bits per heavy atom. The Bertz CT molecular complexity index is 787. The van der Waals surface area contributed by atoms with Crippen LogP contribution in [-0.2, 0) is 16.1 Å². The second kappa shape index (κ2) is 6.79. The summed E-state index contributed by atoms with van der Waals surface area (Å²) in [7, 11) is 0. The van der Waals surface area contributed by atoms with Crippen molar-refractivity contribution in [1.82, 2.24) is 15.7 Å². The van der Waals surface area contributed by atoms with Gasteiger partial charge in [-0.3, -0.25) is 15.0 Å². The summed E-state index contributed by atoms with van der Waals surface area (Å²) in [5.74, 6) is -0.476. The lowest BCUT2D eigenvalue weighted by Gasteiger charge is -2.30. The average molecular weight is 343 g/mol. The number of benzene rings is 1. The average Bonchev–Trinajstić information content (AvgIpc) is 3.01. The highest BCUT2D eigenvalue weighted by Crippen LogP contribution is 2.16. The Hall–Kier alpha value is -2.74. The molecule has 2 amide bonds. The number of hydrazine groups is 1. The molecule has 8 heteroatoms. The first-order valence-corrected chi connectivity index (χ1v) is 8.35. The van der Waals surface area contributed by atoms with Crippen LogP contribution in [0.3, 0.4) is 0 Å². The van der Waals surface area contributed by atoms with Gasteiger partial charge in [-0.05, 0) is 26.0 Å². The summed E-state index contributed by atoms with van der Waals surface area (Å²) in [5, 5.41) is 6.86. The highest BCUT2D eigenvalue weighted by atomic mass is 32.1. The zero-order chi connectivity index (χ0) is 17.1. The van der Waals surface area contributed by atoms with Gasteiger partial charge in [0.25, 0.3) is 11.8 Å². The number of rotatable bonds is 4. The topological polar surface area (TPSA) is 86.7 Å². The van der Waals surface area contributed by atoms with E-state index in [9.17, 15) is 9.59 Å². The number of aromatic nitrogens is 1. The molecule has 2 N–H and O–H groups in total. The molecule has 1 aromatic heterocycles. The molecule has 2 heterocycles. The van der Waals surface area contributed by atoms with Crippen molar-refractivity contribution in [3.05, 3.63) is 46.4 Å². The SMILES string of the molecule is Cc1csc(CNC(=O)C2=NC(C)C(=O)N(c3ccccc3)N2)n1. The van der Waals surface area contributed by atoms with Crippen LogP contribution in [0.5, 0.6) is 0 Å². The molecule has 1 atom stereocenters. The van der Waals surface area contributed by atoms with Crippen molar-refractivity contribution in [1.29, 1.82) is 0 Å². The van der Waals surface area contributed by atoms with E-state index in [1.54, 1.807) is 19.1 Å². The third-order valence-corrected chi connectivity index (χ3v) is 4.38. The number of amidine groups is 1. The number of aryl methyl sites for hydroxylation is 1. The van der Waals surface area contributed by atoms with Crippen LogP contribution >= 0.6 is 11.3 Å². The molecule has 1 aliphatic rings. The normalized spacial score (nSPS) is 17.2. The fourth-order valence-electron chi connectivity index (χ4n) is 2.23. The minimum absolute atomic E-state index is 0.110. The second-order valence-electron chi connectivity index (χ2n) is 5.34. The number of para-hydroxylation sites is 1. The van der Waals surface area contributed by atoms with E-state index in [-0.39, 0.29) is 17.6 Å². The smallest absolute Gasteiger partial charge is 0.288 e. The largest absolute Gasteiger partial charge is 0.343 e. The van der Waals surface area contributed by atoms with E-state index in [1.807, 2.05) is 30.5 Å². The number of carbonyl (C=O) groups excluding carboxylic acids is 2. The van der Waals surface area contributed by atoms with Crippen molar-refractivity contribution in [3.63, 3.8) is 0 Å². The molecule has 0 radical (unpaired) electrons. The Kier molecular flexibility index (Phi) is 4.57. The van der Waals surface area contributed by atoms with E-state index < -0.39 is 6.04 Å². The van der Waals surface area contributed by atoms with Gasteiger partial charge < -0.3 is 5.32 Å². The van der Waals surface area contributed by atoms with Gasteiger partial charge in [0, 0.05) is 11.1 Å². The molecule has 1 aromatic carbocycles. The summed E-state index contributed by atoms with van der Waals surface area (Å²) in [6.45, 7) is 3.89. The van der Waals surface area contributed by atoms with Crippen LogP contribution in [0.25, 0.3) is 0 Å². The molecule has 24 heavy (non-hydrogen) atoms. The minimum atomic E-state index is -0.630. The first-order valence-electron chi connectivity index (χ1n) is 7.47. The monoisotopic (exact) mass is 343 g/mol. The number of aliphatic imine (C=N–C) groups is 1. The number of hydrogen-bond donors (Lipinski definition) is 2. The van der Waals surface area contributed by atoms with Crippen molar-refractivity contribution in [2.45, 2.75) is 26.4 Å². The van der Waals surface area contributed by atoms with Crippen LogP contribution in [0, 0.1) is 6.92 Å². The molecule has 1 aliphatic heterocycles. The Balaban J connectivity index is 1.71. The van der Waals surface area contributed by atoms with E-state index in [0.29, 0.717) is 12.2 Å². The van der Waals surface area contributed by atoms with Gasteiger partial charge in [0.1, 0.15) is 11.0 Å². The standard InChI is InChI=1S/C16H17N5O2S/c1-10-9-24-13(18-10)8-17-15(22)14-19-11(2)16(23)21(20-14)12-6-4-3-5-7-12/h3-7,9,11H,8H2,1-2H3,(H,17,22)(H,19,20). The second-order valence-corrected chi connectivity index (χ2v) is 6.28. The van der Waals surface area contributed by atoms with Crippen molar-refractivity contribution in [2.75, 3.05) is 5.01 Å². The zero-order valence-corrected chi connectivity index (χ0v) is 14.1. The minimum Gasteiger partial charge on any atom is -0.343 e. The van der Waals surface area contributed by atoms with Gasteiger partial charge in [-0.2, -0.15) is 0 Å². The molecule has 0 bridgehead atoms. The number of hydrogen-bond acceptors (Lipinski definition) is 6. The Morgan fingerprint density at radius 2 is 2.12 bits per heavy atom. The quantitative estimate of drug-likeness (QED) is 0.879. The van der Waals surface area contributed by atoms with Crippen molar-refractivity contribution in [3.8, 4) is 0 Å². The van der Waals surface area contributed by atoms with Crippen LogP contribution in [-0.4, -0.2) is 28.7 Å². The molecular weight excluding hydrogens is 326 g/mol. The summed E-state index contributed by atoms with van der Waals surface area (Å²) < 4.78 is 0. The molecular formula is C16H17N5O2S. The summed E-state index contributed by atoms with van der Waals surface area (Å²) in [6, 6.07) is 8.46. The molecule has 124 valence electrons. The van der Waals surface area contributed by atoms with Crippen LogP contribution in [0.1, 0.15) is 17.6 Å². The molecule has 2 aromatic rings. The molecule has 0 saturated heterocycles. The molecule has 0 spiro atoms. The van der Waals surface area contributed by atoms with E-state index in [1.165, 1.54) is 16.3 Å². The van der Waals surface area contributed by atoms with Gasteiger partial charge in [0.2, 0.25) is 5.84 Å². The maximum absolute atomic E-state index is 12.3. The molecule has 0 aliphatic carbocycles. The number of nitrogens with one attached hydrogen (secondary N) is 2. The number of anilines is 1. The molecule has 3 rings (SSSR count). The number of carbonyl (C=O) groups is 2. The van der Waals surface area contributed by atoms with Gasteiger partial charge in [0.15, 0.2) is 0 Å². The van der Waals surface area contributed by atoms with Crippen LogP contribution < -0.4 is 15.8 Å². The van der Waals surface area contributed by atoms with Gasteiger partial charge in [-0.1, -0.05) is 18.2 Å². The van der Waals surface area contributed by atoms with E-state index >= 15 is 0 Å². The van der Waals surface area contributed by atoms with Crippen molar-refractivity contribution in [2.24, 2.45) is 4.99 Å². The molecule has 1 unspecified atom stereocenters. The first-order chi connectivity index (χ1) is 11.5. The Morgan fingerprint density at radius 3 is 2.79 bits per heavy atom. The third kappa shape index (κ3) is 3.43. The van der Waals surface area contributed by atoms with E-state index in [4.69, 9.17) is 0 Å². The predicted octanol–water partition coefficient (Wildman–Crippen LogP) is 1.41. The van der Waals surface area contributed by atoms with Gasteiger partial charge in [-0.15, -0.1) is 11.3 Å². The molecule has 0 fully saturated rings. The van der Waals surface area contributed by atoms with Crippen molar-refractivity contribution >= 4 is 34.7 Å². The van der Waals surface area contributed by atoms with Gasteiger partial charge in [-0.25, -0.2) is 15.0 Å². The van der Waals surface area contributed by atoms with Crippen LogP contribution in [0.15, 0.2) is 40.7 Å². The van der Waals surface area contributed by atoms with Crippen molar-refractivity contribution < 1.29 is 9.59 Å². The summed E-state index contributed by atoms with van der Waals surface area (Å²) in [6.07, 6.45) is 0. The Labute approximate surface area is 143 Å². The van der Waals surface area contributed by atoms with Crippen LogP contribution in [0.2, 0.25) is 0 Å². The van der Waals surface area contributed by atoms with E-state index in [2.05, 4.69) is 20.7 Å². The molecule has 7 nitrogen and oxygen atoms in total. The third-order valence-electron chi connectivity index (χ3n) is 3.41. The molecule has 0 saturated carbocycles. The summed E-state index contributed by atoms with van der Waals surface area (Å²) in [5.41, 5.74) is 4.38. The lowest BCUT2D eigenvalue weighted by Crippen LogP contribution is -2.57. The highest BCUT2D eigenvalue weighted by Gasteiger charge is 2.30. The first kappa shape index (κ1) is 16.1. The van der Waals surface area contributed by atoms with Gasteiger partial charge >= 0.3 is 0 Å². The highest BCUT2D eigenvalue weighted by molar-refractivity contribution is 7.09. The fourth-order valence-corrected chi connectivity index (χ4v) is 2.94. The summed E-state index contributed by atoms with van der Waals surface area (Å²) >= 11 is 1.49. The number of amides is 2. The fraction of sp³-hybridized carbons (Fsp3) is 0.250. The maximum Gasteiger partial charge on any atom is 0.288 e. The lowest BCUT2D eigenvalue weighted by molar-refractivity contribution is -0.120. The predicted molar refractivity (Wildman–Crippen MR) is 92.7 cm³/mol. The number of nitrogens with zero attached hydrogens (tertiary/aromatic N) is 3. The zero-order valence-electron chi connectivity index (χ0n) is 13.3. The van der Waals surface area contributed by atoms with Crippen LogP contribution in [0.4, 0.5) is 5.69 Å².